The highest BCUT2D eigenvalue weighted by molar-refractivity contribution is 5.69. The number of carbonyl (C=O) groups is 1. The van der Waals surface area contributed by atoms with E-state index in [0.717, 1.165) is 32.2 Å². The maximum atomic E-state index is 12.5. The molecule has 132 valence electrons. The van der Waals surface area contributed by atoms with Gasteiger partial charge in [-0.2, -0.15) is 0 Å². The van der Waals surface area contributed by atoms with Crippen molar-refractivity contribution in [3.05, 3.63) is 35.9 Å². The highest BCUT2D eigenvalue weighted by Gasteiger charge is 2.45. The summed E-state index contributed by atoms with van der Waals surface area (Å²) in [5.74, 6) is 0. The van der Waals surface area contributed by atoms with Gasteiger partial charge in [0.1, 0.15) is 5.60 Å². The SMILES string of the molecule is CN(Cc1ccccc1)C1CC2CCC(C1)N2C(=O)OC(C)(C)C. The zero-order chi connectivity index (χ0) is 17.3. The zero-order valence-corrected chi connectivity index (χ0v) is 15.4. The van der Waals surface area contributed by atoms with Gasteiger partial charge in [-0.05, 0) is 59.1 Å². The van der Waals surface area contributed by atoms with Crippen LogP contribution in [-0.4, -0.2) is 46.7 Å². The standard InChI is InChI=1S/C20H30N2O2/c1-20(2,3)24-19(23)22-16-10-11-17(22)13-18(12-16)21(4)14-15-8-6-5-7-9-15/h5-9,16-18H,10-14H2,1-4H3. The van der Waals surface area contributed by atoms with Crippen molar-refractivity contribution in [2.45, 2.75) is 76.7 Å². The van der Waals surface area contributed by atoms with E-state index in [1.54, 1.807) is 0 Å². The molecule has 2 atom stereocenters. The van der Waals surface area contributed by atoms with Crippen LogP contribution in [0.2, 0.25) is 0 Å². The average molecular weight is 330 g/mol. The van der Waals surface area contributed by atoms with Gasteiger partial charge in [-0.25, -0.2) is 4.79 Å². The van der Waals surface area contributed by atoms with Gasteiger partial charge in [0.2, 0.25) is 0 Å². The number of piperidine rings is 1. The van der Waals surface area contributed by atoms with E-state index in [0.29, 0.717) is 18.1 Å². The second-order valence-corrected chi connectivity index (χ2v) is 8.30. The van der Waals surface area contributed by atoms with Crippen molar-refractivity contribution in [3.63, 3.8) is 0 Å². The summed E-state index contributed by atoms with van der Waals surface area (Å²) in [6.07, 6.45) is 4.20. The molecule has 2 bridgehead atoms. The van der Waals surface area contributed by atoms with Crippen molar-refractivity contribution in [1.29, 1.82) is 0 Å². The van der Waals surface area contributed by atoms with E-state index >= 15 is 0 Å². The van der Waals surface area contributed by atoms with Crippen LogP contribution in [0.15, 0.2) is 30.3 Å². The number of amides is 1. The molecule has 2 unspecified atom stereocenters. The van der Waals surface area contributed by atoms with E-state index < -0.39 is 5.60 Å². The van der Waals surface area contributed by atoms with Crippen molar-refractivity contribution < 1.29 is 9.53 Å². The van der Waals surface area contributed by atoms with Gasteiger partial charge in [0.05, 0.1) is 0 Å². The second kappa shape index (κ2) is 6.75. The van der Waals surface area contributed by atoms with Crippen LogP contribution in [0.4, 0.5) is 4.79 Å². The largest absolute Gasteiger partial charge is 0.444 e. The predicted octanol–water partition coefficient (Wildman–Crippen LogP) is 4.05. The molecular formula is C20H30N2O2. The molecule has 0 aromatic heterocycles. The van der Waals surface area contributed by atoms with Gasteiger partial charge in [-0.1, -0.05) is 30.3 Å². The number of ether oxygens (including phenoxy) is 1. The fraction of sp³-hybridized carbons (Fsp3) is 0.650. The molecule has 0 aliphatic carbocycles. The Morgan fingerprint density at radius 1 is 1.17 bits per heavy atom. The lowest BCUT2D eigenvalue weighted by Gasteiger charge is -2.42. The van der Waals surface area contributed by atoms with Crippen LogP contribution >= 0.6 is 0 Å². The maximum absolute atomic E-state index is 12.5. The van der Waals surface area contributed by atoms with E-state index in [2.05, 4.69) is 42.3 Å². The van der Waals surface area contributed by atoms with Crippen LogP contribution < -0.4 is 0 Å². The summed E-state index contributed by atoms with van der Waals surface area (Å²) in [7, 11) is 2.21. The van der Waals surface area contributed by atoms with Crippen molar-refractivity contribution in [2.75, 3.05) is 7.05 Å². The normalized spacial score (nSPS) is 26.7. The van der Waals surface area contributed by atoms with Crippen LogP contribution in [0, 0.1) is 0 Å². The summed E-state index contributed by atoms with van der Waals surface area (Å²) in [5, 5.41) is 0. The molecule has 2 aliphatic heterocycles. The number of carbonyl (C=O) groups excluding carboxylic acids is 1. The van der Waals surface area contributed by atoms with E-state index in [9.17, 15) is 4.79 Å². The molecule has 4 nitrogen and oxygen atoms in total. The van der Waals surface area contributed by atoms with Gasteiger partial charge in [0.15, 0.2) is 0 Å². The lowest BCUT2D eigenvalue weighted by molar-refractivity contribution is -0.00277. The molecule has 24 heavy (non-hydrogen) atoms. The molecule has 0 spiro atoms. The summed E-state index contributed by atoms with van der Waals surface area (Å²) >= 11 is 0. The van der Waals surface area contributed by atoms with Crippen LogP contribution in [0.25, 0.3) is 0 Å². The molecule has 3 rings (SSSR count). The van der Waals surface area contributed by atoms with Crippen molar-refractivity contribution in [3.8, 4) is 0 Å². The van der Waals surface area contributed by atoms with Crippen LogP contribution in [0.3, 0.4) is 0 Å². The Morgan fingerprint density at radius 3 is 2.29 bits per heavy atom. The molecule has 2 fully saturated rings. The molecule has 0 N–H and O–H groups in total. The minimum absolute atomic E-state index is 0.126. The molecule has 2 saturated heterocycles. The Kier molecular flexibility index (Phi) is 4.86. The molecule has 1 amide bonds. The Balaban J connectivity index is 1.61. The highest BCUT2D eigenvalue weighted by atomic mass is 16.6. The fourth-order valence-electron chi connectivity index (χ4n) is 4.12. The highest BCUT2D eigenvalue weighted by Crippen LogP contribution is 2.38. The third-order valence-corrected chi connectivity index (χ3v) is 5.21. The first-order valence-electron chi connectivity index (χ1n) is 9.09. The predicted molar refractivity (Wildman–Crippen MR) is 95.8 cm³/mol. The minimum Gasteiger partial charge on any atom is -0.444 e. The van der Waals surface area contributed by atoms with Gasteiger partial charge >= 0.3 is 6.09 Å². The quantitative estimate of drug-likeness (QED) is 0.838. The van der Waals surface area contributed by atoms with Crippen molar-refractivity contribution >= 4 is 6.09 Å². The Labute approximate surface area is 145 Å². The molecule has 0 radical (unpaired) electrons. The Morgan fingerprint density at radius 2 is 1.75 bits per heavy atom. The second-order valence-electron chi connectivity index (χ2n) is 8.30. The number of hydrogen-bond donors (Lipinski definition) is 0. The van der Waals surface area contributed by atoms with Gasteiger partial charge in [-0.15, -0.1) is 0 Å². The minimum atomic E-state index is -0.419. The third kappa shape index (κ3) is 3.92. The van der Waals surface area contributed by atoms with E-state index in [4.69, 9.17) is 4.74 Å². The summed E-state index contributed by atoms with van der Waals surface area (Å²) in [6, 6.07) is 11.8. The van der Waals surface area contributed by atoms with E-state index in [1.807, 2.05) is 25.7 Å². The number of rotatable bonds is 3. The van der Waals surface area contributed by atoms with Gasteiger partial charge in [0, 0.05) is 24.7 Å². The van der Waals surface area contributed by atoms with Crippen molar-refractivity contribution in [2.24, 2.45) is 0 Å². The van der Waals surface area contributed by atoms with Gasteiger partial charge in [-0.3, -0.25) is 4.90 Å². The monoisotopic (exact) mass is 330 g/mol. The first-order chi connectivity index (χ1) is 11.3. The maximum Gasteiger partial charge on any atom is 0.410 e. The zero-order valence-electron chi connectivity index (χ0n) is 15.4. The Hall–Kier alpha value is -1.55. The molecule has 2 heterocycles. The number of nitrogens with zero attached hydrogens (tertiary/aromatic N) is 2. The summed E-state index contributed by atoms with van der Waals surface area (Å²) in [6.45, 7) is 6.78. The van der Waals surface area contributed by atoms with Crippen molar-refractivity contribution in [1.82, 2.24) is 9.80 Å². The van der Waals surface area contributed by atoms with Gasteiger partial charge in [0.25, 0.3) is 0 Å². The van der Waals surface area contributed by atoms with Crippen LogP contribution in [-0.2, 0) is 11.3 Å². The summed E-state index contributed by atoms with van der Waals surface area (Å²) in [5.41, 5.74) is 0.930. The third-order valence-electron chi connectivity index (χ3n) is 5.21. The Bertz CT molecular complexity index is 553. The average Bonchev–Trinajstić information content (AvgIpc) is 2.77. The summed E-state index contributed by atoms with van der Waals surface area (Å²) < 4.78 is 5.62. The first kappa shape index (κ1) is 17.3. The lowest BCUT2D eigenvalue weighted by Crippen LogP contribution is -2.52. The molecule has 1 aromatic rings. The summed E-state index contributed by atoms with van der Waals surface area (Å²) in [4.78, 5) is 17.0. The van der Waals surface area contributed by atoms with E-state index in [1.165, 1.54) is 5.56 Å². The van der Waals surface area contributed by atoms with Gasteiger partial charge < -0.3 is 9.64 Å². The lowest BCUT2D eigenvalue weighted by atomic mass is 9.96. The number of benzene rings is 1. The topological polar surface area (TPSA) is 32.8 Å². The number of hydrogen-bond acceptors (Lipinski definition) is 3. The molecule has 1 aromatic carbocycles. The van der Waals surface area contributed by atoms with E-state index in [-0.39, 0.29) is 6.09 Å². The molecular weight excluding hydrogens is 300 g/mol. The van der Waals surface area contributed by atoms with Crippen LogP contribution in [0.5, 0.6) is 0 Å². The fourth-order valence-corrected chi connectivity index (χ4v) is 4.12. The molecule has 4 heteroatoms. The smallest absolute Gasteiger partial charge is 0.410 e. The first-order valence-corrected chi connectivity index (χ1v) is 9.09. The number of fused-ring (bicyclic) bond motifs is 2. The molecule has 2 aliphatic rings. The van der Waals surface area contributed by atoms with Crippen LogP contribution in [0.1, 0.15) is 52.0 Å². The molecule has 0 saturated carbocycles.